The maximum Gasteiger partial charge on any atom is -0.00242 e. The normalized spacial score (nSPS) is 25.6. The van der Waals surface area contributed by atoms with Gasteiger partial charge in [0.1, 0.15) is 0 Å². The van der Waals surface area contributed by atoms with Crippen molar-refractivity contribution >= 4 is 11.1 Å². The lowest BCUT2D eigenvalue weighted by molar-refractivity contribution is 0.594. The molecule has 2 aliphatic rings. The second-order valence-corrected chi connectivity index (χ2v) is 6.75. The lowest BCUT2D eigenvalue weighted by Crippen LogP contribution is -1.97. The minimum atomic E-state index is 0.361. The number of allylic oxidation sites excluding steroid dienone is 4. The van der Waals surface area contributed by atoms with Crippen LogP contribution in [0.25, 0.3) is 11.1 Å². The van der Waals surface area contributed by atoms with Crippen LogP contribution in [0.5, 0.6) is 0 Å². The quantitative estimate of drug-likeness (QED) is 0.683. The standard InChI is InChI=1S/C21H20/c1-21(2)19-17(15-9-5-3-6-10-15)13-14-18(20(19)21)16-11-7-4-8-12-16/h3-14,19-20H,1-2H3/t19-,20-/m1/s1. The van der Waals surface area contributed by atoms with E-state index in [1.807, 2.05) is 0 Å². The number of fused-ring (bicyclic) bond motifs is 1. The highest BCUT2D eigenvalue weighted by atomic mass is 14.6. The van der Waals surface area contributed by atoms with E-state index in [1.54, 1.807) is 0 Å². The lowest BCUT2D eigenvalue weighted by Gasteiger charge is -2.14. The van der Waals surface area contributed by atoms with Crippen molar-refractivity contribution in [2.24, 2.45) is 17.3 Å². The molecule has 2 aromatic rings. The average Bonchev–Trinajstić information content (AvgIpc) is 3.12. The first-order valence-corrected chi connectivity index (χ1v) is 7.72. The van der Waals surface area contributed by atoms with E-state index in [0.717, 1.165) is 0 Å². The number of rotatable bonds is 2. The van der Waals surface area contributed by atoms with Gasteiger partial charge in [0.2, 0.25) is 0 Å². The summed E-state index contributed by atoms with van der Waals surface area (Å²) >= 11 is 0. The molecule has 0 saturated heterocycles. The molecule has 0 radical (unpaired) electrons. The van der Waals surface area contributed by atoms with Crippen molar-refractivity contribution in [2.75, 3.05) is 0 Å². The van der Waals surface area contributed by atoms with Gasteiger partial charge in [0.15, 0.2) is 0 Å². The summed E-state index contributed by atoms with van der Waals surface area (Å²) in [5.74, 6) is 1.31. The summed E-state index contributed by atoms with van der Waals surface area (Å²) in [6.45, 7) is 4.81. The van der Waals surface area contributed by atoms with Crippen LogP contribution in [0.3, 0.4) is 0 Å². The fourth-order valence-electron chi connectivity index (χ4n) is 4.00. The Kier molecular flexibility index (Phi) is 2.68. The maximum atomic E-state index is 2.40. The Morgan fingerprint density at radius 3 is 1.38 bits per heavy atom. The van der Waals surface area contributed by atoms with Gasteiger partial charge in [0, 0.05) is 0 Å². The molecule has 0 heteroatoms. The molecule has 2 aliphatic carbocycles. The van der Waals surface area contributed by atoms with Crippen molar-refractivity contribution < 1.29 is 0 Å². The highest BCUT2D eigenvalue weighted by Gasteiger charge is 2.61. The summed E-state index contributed by atoms with van der Waals surface area (Å²) < 4.78 is 0. The third kappa shape index (κ3) is 1.90. The third-order valence-corrected chi connectivity index (χ3v) is 5.15. The molecule has 0 bridgehead atoms. The summed E-state index contributed by atoms with van der Waals surface area (Å²) in [7, 11) is 0. The minimum absolute atomic E-state index is 0.361. The Bertz CT molecular complexity index is 654. The molecule has 0 N–H and O–H groups in total. The molecule has 2 atom stereocenters. The highest BCUT2D eigenvalue weighted by molar-refractivity contribution is 5.86. The van der Waals surface area contributed by atoms with E-state index in [4.69, 9.17) is 0 Å². The Morgan fingerprint density at radius 1 is 0.619 bits per heavy atom. The molecule has 1 fully saturated rings. The zero-order valence-electron chi connectivity index (χ0n) is 12.6. The maximum absolute atomic E-state index is 2.40. The van der Waals surface area contributed by atoms with E-state index in [9.17, 15) is 0 Å². The van der Waals surface area contributed by atoms with Crippen LogP contribution in [0.4, 0.5) is 0 Å². The van der Waals surface area contributed by atoms with Gasteiger partial charge in [-0.15, -0.1) is 0 Å². The molecule has 21 heavy (non-hydrogen) atoms. The van der Waals surface area contributed by atoms with Crippen molar-refractivity contribution in [1.82, 2.24) is 0 Å². The first-order chi connectivity index (χ1) is 10.2. The predicted octanol–water partition coefficient (Wildman–Crippen LogP) is 5.44. The monoisotopic (exact) mass is 272 g/mol. The van der Waals surface area contributed by atoms with Crippen LogP contribution in [0, 0.1) is 17.3 Å². The van der Waals surface area contributed by atoms with Gasteiger partial charge in [-0.05, 0) is 39.5 Å². The number of hydrogen-bond acceptors (Lipinski definition) is 0. The molecule has 0 spiro atoms. The van der Waals surface area contributed by atoms with E-state index < -0.39 is 0 Å². The summed E-state index contributed by atoms with van der Waals surface area (Å²) in [6.07, 6.45) is 4.68. The van der Waals surface area contributed by atoms with E-state index in [1.165, 1.54) is 22.3 Å². The van der Waals surface area contributed by atoms with E-state index in [2.05, 4.69) is 86.7 Å². The molecule has 0 aromatic heterocycles. The topological polar surface area (TPSA) is 0 Å². The SMILES string of the molecule is CC1(C)[C@@H]2C(c3ccccc3)=CC=C(c3ccccc3)[C@H]21. The first-order valence-electron chi connectivity index (χ1n) is 7.72. The van der Waals surface area contributed by atoms with Crippen molar-refractivity contribution in [3.8, 4) is 0 Å². The average molecular weight is 272 g/mol. The molecule has 0 amide bonds. The van der Waals surface area contributed by atoms with Gasteiger partial charge in [0.05, 0.1) is 0 Å². The smallest absolute Gasteiger partial charge is 0.00242 e. The molecule has 0 unspecified atom stereocenters. The Labute approximate surface area is 126 Å². The highest BCUT2D eigenvalue weighted by Crippen LogP contribution is 2.69. The Balaban J connectivity index is 1.80. The van der Waals surface area contributed by atoms with Gasteiger partial charge in [0.25, 0.3) is 0 Å². The number of benzene rings is 2. The van der Waals surface area contributed by atoms with Gasteiger partial charge in [-0.2, -0.15) is 0 Å². The van der Waals surface area contributed by atoms with Gasteiger partial charge in [-0.1, -0.05) is 86.7 Å². The van der Waals surface area contributed by atoms with Crippen LogP contribution in [0.1, 0.15) is 25.0 Å². The van der Waals surface area contributed by atoms with Gasteiger partial charge >= 0.3 is 0 Å². The van der Waals surface area contributed by atoms with Crippen LogP contribution in [-0.2, 0) is 0 Å². The van der Waals surface area contributed by atoms with Crippen molar-refractivity contribution in [3.05, 3.63) is 83.9 Å². The molecule has 4 rings (SSSR count). The molecular weight excluding hydrogens is 252 g/mol. The number of hydrogen-bond donors (Lipinski definition) is 0. The van der Waals surface area contributed by atoms with Crippen LogP contribution < -0.4 is 0 Å². The Morgan fingerprint density at radius 2 is 1.00 bits per heavy atom. The zero-order chi connectivity index (χ0) is 14.4. The lowest BCUT2D eigenvalue weighted by atomic mass is 9.90. The molecule has 0 aliphatic heterocycles. The molecular formula is C21H20. The van der Waals surface area contributed by atoms with Gasteiger partial charge in [-0.25, -0.2) is 0 Å². The second-order valence-electron chi connectivity index (χ2n) is 6.75. The van der Waals surface area contributed by atoms with E-state index in [-0.39, 0.29) is 0 Å². The molecule has 0 nitrogen and oxygen atoms in total. The molecule has 0 heterocycles. The fraction of sp³-hybridized carbons (Fsp3) is 0.238. The van der Waals surface area contributed by atoms with Crippen molar-refractivity contribution in [3.63, 3.8) is 0 Å². The first kappa shape index (κ1) is 12.6. The Hall–Kier alpha value is -2.08. The largest absolute Gasteiger partial charge is 0.0622 e. The zero-order valence-corrected chi connectivity index (χ0v) is 12.6. The van der Waals surface area contributed by atoms with Crippen molar-refractivity contribution in [2.45, 2.75) is 13.8 Å². The van der Waals surface area contributed by atoms with Crippen LogP contribution in [-0.4, -0.2) is 0 Å². The predicted molar refractivity (Wildman–Crippen MR) is 89.6 cm³/mol. The minimum Gasteiger partial charge on any atom is -0.0622 e. The van der Waals surface area contributed by atoms with Gasteiger partial charge in [-0.3, -0.25) is 0 Å². The second kappa shape index (κ2) is 4.46. The molecule has 2 aromatic carbocycles. The van der Waals surface area contributed by atoms with Crippen LogP contribution in [0.15, 0.2) is 72.8 Å². The van der Waals surface area contributed by atoms with E-state index >= 15 is 0 Å². The van der Waals surface area contributed by atoms with Crippen LogP contribution in [0.2, 0.25) is 0 Å². The third-order valence-electron chi connectivity index (χ3n) is 5.15. The van der Waals surface area contributed by atoms with Crippen LogP contribution >= 0.6 is 0 Å². The molecule has 1 saturated carbocycles. The molecule has 104 valence electrons. The van der Waals surface area contributed by atoms with E-state index in [0.29, 0.717) is 17.3 Å². The van der Waals surface area contributed by atoms with Gasteiger partial charge < -0.3 is 0 Å². The summed E-state index contributed by atoms with van der Waals surface area (Å²) in [6, 6.07) is 21.7. The summed E-state index contributed by atoms with van der Waals surface area (Å²) in [4.78, 5) is 0. The fourth-order valence-corrected chi connectivity index (χ4v) is 4.00. The summed E-state index contributed by atoms with van der Waals surface area (Å²) in [5, 5.41) is 0. The van der Waals surface area contributed by atoms with Crippen molar-refractivity contribution in [1.29, 1.82) is 0 Å². The summed E-state index contributed by atoms with van der Waals surface area (Å²) in [5.41, 5.74) is 6.12.